The third kappa shape index (κ3) is 6.72. The first-order valence-electron chi connectivity index (χ1n) is 10.5. The summed E-state index contributed by atoms with van der Waals surface area (Å²) in [5.41, 5.74) is 6.74. The fourth-order valence-electron chi connectivity index (χ4n) is 3.99. The Morgan fingerprint density at radius 3 is 2.55 bits per heavy atom. The molecule has 1 saturated heterocycles. The van der Waals surface area contributed by atoms with Gasteiger partial charge in [0.15, 0.2) is 0 Å². The first kappa shape index (κ1) is 23.2. The van der Waals surface area contributed by atoms with Crippen molar-refractivity contribution in [1.82, 2.24) is 15.1 Å². The van der Waals surface area contributed by atoms with Gasteiger partial charge in [-0.2, -0.15) is 0 Å². The maximum absolute atomic E-state index is 12.7. The molecule has 0 aliphatic carbocycles. The molecule has 7 nitrogen and oxygen atoms in total. The van der Waals surface area contributed by atoms with Gasteiger partial charge in [0.05, 0.1) is 7.11 Å². The van der Waals surface area contributed by atoms with E-state index in [0.29, 0.717) is 32.0 Å². The molecule has 1 heterocycles. The highest BCUT2D eigenvalue weighted by Crippen LogP contribution is 2.25. The van der Waals surface area contributed by atoms with Crippen LogP contribution in [0.5, 0.6) is 5.75 Å². The zero-order valence-electron chi connectivity index (χ0n) is 18.2. The number of likely N-dealkylation sites (tertiary alicyclic amines) is 1. The molecule has 162 valence electrons. The topological polar surface area (TPSA) is 87.9 Å². The van der Waals surface area contributed by atoms with E-state index in [2.05, 4.69) is 36.2 Å². The molecule has 2 atom stereocenters. The van der Waals surface area contributed by atoms with Crippen LogP contribution in [0.25, 0.3) is 0 Å². The number of nitrogens with two attached hydrogens (primary N) is 1. The number of benzene rings is 1. The van der Waals surface area contributed by atoms with E-state index < -0.39 is 6.04 Å². The maximum atomic E-state index is 12.7. The Balaban J connectivity index is 2.16. The highest BCUT2D eigenvalue weighted by Gasteiger charge is 2.37. The first-order valence-corrected chi connectivity index (χ1v) is 10.5. The number of ether oxygens (including phenoxy) is 1. The lowest BCUT2D eigenvalue weighted by atomic mass is 9.93. The summed E-state index contributed by atoms with van der Waals surface area (Å²) < 4.78 is 5.26. The van der Waals surface area contributed by atoms with Crippen molar-refractivity contribution in [3.63, 3.8) is 0 Å². The van der Waals surface area contributed by atoms with Gasteiger partial charge >= 0.3 is 0 Å². The maximum Gasteiger partial charge on any atom is 0.242 e. The zero-order valence-corrected chi connectivity index (χ0v) is 18.2. The summed E-state index contributed by atoms with van der Waals surface area (Å²) in [4.78, 5) is 28.9. The Morgan fingerprint density at radius 1 is 1.31 bits per heavy atom. The van der Waals surface area contributed by atoms with Crippen LogP contribution in [-0.2, 0) is 16.1 Å². The molecule has 0 aromatic heterocycles. The lowest BCUT2D eigenvalue weighted by Gasteiger charge is -2.43. The Labute approximate surface area is 174 Å². The van der Waals surface area contributed by atoms with E-state index in [9.17, 15) is 9.59 Å². The summed E-state index contributed by atoms with van der Waals surface area (Å²) in [6.07, 6.45) is 1.50. The molecule has 0 spiro atoms. The van der Waals surface area contributed by atoms with Crippen molar-refractivity contribution < 1.29 is 14.3 Å². The van der Waals surface area contributed by atoms with E-state index in [1.54, 1.807) is 12.0 Å². The molecule has 0 saturated carbocycles. The third-order valence-corrected chi connectivity index (χ3v) is 5.39. The smallest absolute Gasteiger partial charge is 0.242 e. The minimum Gasteiger partial charge on any atom is -0.497 e. The molecule has 1 fully saturated rings. The SMILES string of the molecule is COc1ccc(CN(CC(C)C)C2CCN(C(C)=O)[C@@H](C(=O)NCCN)C2)cc1. The van der Waals surface area contributed by atoms with Gasteiger partial charge in [0, 0.05) is 45.7 Å². The van der Waals surface area contributed by atoms with Gasteiger partial charge in [-0.1, -0.05) is 26.0 Å². The van der Waals surface area contributed by atoms with Gasteiger partial charge in [-0.25, -0.2) is 0 Å². The lowest BCUT2D eigenvalue weighted by molar-refractivity contribution is -0.142. The van der Waals surface area contributed by atoms with Crippen LogP contribution in [0.1, 0.15) is 39.2 Å². The zero-order chi connectivity index (χ0) is 21.4. The van der Waals surface area contributed by atoms with Crippen LogP contribution in [-0.4, -0.2) is 67.0 Å². The molecule has 3 N–H and O–H groups in total. The molecule has 2 amide bonds. The van der Waals surface area contributed by atoms with E-state index in [1.807, 2.05) is 12.1 Å². The number of piperidine rings is 1. The van der Waals surface area contributed by atoms with E-state index >= 15 is 0 Å². The van der Waals surface area contributed by atoms with Gasteiger partial charge < -0.3 is 20.7 Å². The van der Waals surface area contributed by atoms with Crippen LogP contribution in [0.15, 0.2) is 24.3 Å². The number of carbonyl (C=O) groups is 2. The molecule has 2 rings (SSSR count). The van der Waals surface area contributed by atoms with E-state index in [0.717, 1.165) is 25.3 Å². The number of rotatable bonds is 9. The van der Waals surface area contributed by atoms with Crippen molar-refractivity contribution in [3.05, 3.63) is 29.8 Å². The number of amides is 2. The van der Waals surface area contributed by atoms with Gasteiger partial charge in [0.25, 0.3) is 0 Å². The molecule has 7 heteroatoms. The Morgan fingerprint density at radius 2 is 2.00 bits per heavy atom. The monoisotopic (exact) mass is 404 g/mol. The fraction of sp³-hybridized carbons (Fsp3) is 0.636. The van der Waals surface area contributed by atoms with Crippen molar-refractivity contribution in [2.24, 2.45) is 11.7 Å². The number of methoxy groups -OCH3 is 1. The second kappa shape index (κ2) is 11.2. The first-order chi connectivity index (χ1) is 13.8. The predicted octanol–water partition coefficient (Wildman–Crippen LogP) is 1.61. The quantitative estimate of drug-likeness (QED) is 0.653. The summed E-state index contributed by atoms with van der Waals surface area (Å²) in [6, 6.07) is 7.92. The van der Waals surface area contributed by atoms with Crippen molar-refractivity contribution >= 4 is 11.8 Å². The van der Waals surface area contributed by atoms with Crippen molar-refractivity contribution in [2.45, 2.75) is 52.2 Å². The molecule has 1 aromatic carbocycles. The van der Waals surface area contributed by atoms with Crippen LogP contribution in [0, 0.1) is 5.92 Å². The summed E-state index contributed by atoms with van der Waals surface area (Å²) in [5, 5.41) is 2.86. The molecule has 1 aliphatic heterocycles. The van der Waals surface area contributed by atoms with Crippen molar-refractivity contribution in [2.75, 3.05) is 33.3 Å². The molecule has 0 bridgehead atoms. The molecule has 0 radical (unpaired) electrons. The largest absolute Gasteiger partial charge is 0.497 e. The molecule has 29 heavy (non-hydrogen) atoms. The third-order valence-electron chi connectivity index (χ3n) is 5.39. The number of hydrogen-bond donors (Lipinski definition) is 2. The predicted molar refractivity (Wildman–Crippen MR) is 115 cm³/mol. The molecule has 1 aromatic rings. The molecular weight excluding hydrogens is 368 g/mol. The van der Waals surface area contributed by atoms with Crippen molar-refractivity contribution in [3.8, 4) is 5.75 Å². The van der Waals surface area contributed by atoms with Gasteiger partial charge in [-0.15, -0.1) is 0 Å². The van der Waals surface area contributed by atoms with Crippen LogP contribution in [0.2, 0.25) is 0 Å². The number of hydrogen-bond acceptors (Lipinski definition) is 5. The second-order valence-electron chi connectivity index (χ2n) is 8.16. The molecule has 1 unspecified atom stereocenters. The standard InChI is InChI=1S/C22H36N4O3/c1-16(2)14-25(15-18-5-7-20(29-4)8-6-18)19-9-12-26(17(3)27)21(13-19)22(28)24-11-10-23/h5-8,16,19,21H,9-15,23H2,1-4H3,(H,24,28)/t19?,21-/m1/s1. The van der Waals surface area contributed by atoms with Crippen LogP contribution in [0.3, 0.4) is 0 Å². The van der Waals surface area contributed by atoms with Gasteiger partial charge in [0.1, 0.15) is 11.8 Å². The van der Waals surface area contributed by atoms with Crippen LogP contribution in [0.4, 0.5) is 0 Å². The molecule has 1 aliphatic rings. The Bertz CT molecular complexity index is 663. The number of nitrogens with zero attached hydrogens (tertiary/aromatic N) is 2. The summed E-state index contributed by atoms with van der Waals surface area (Å²) in [5.74, 6) is 1.19. The summed E-state index contributed by atoms with van der Waals surface area (Å²) in [6.45, 7) is 9.10. The lowest BCUT2D eigenvalue weighted by Crippen LogP contribution is -2.57. The van der Waals surface area contributed by atoms with Gasteiger partial charge in [0.2, 0.25) is 11.8 Å². The fourth-order valence-corrected chi connectivity index (χ4v) is 3.99. The van der Waals surface area contributed by atoms with E-state index in [1.165, 1.54) is 12.5 Å². The average molecular weight is 405 g/mol. The summed E-state index contributed by atoms with van der Waals surface area (Å²) >= 11 is 0. The number of carbonyl (C=O) groups excluding carboxylic acids is 2. The van der Waals surface area contributed by atoms with Crippen molar-refractivity contribution in [1.29, 1.82) is 0 Å². The van der Waals surface area contributed by atoms with Gasteiger partial charge in [-0.05, 0) is 36.5 Å². The van der Waals surface area contributed by atoms with E-state index in [4.69, 9.17) is 10.5 Å². The average Bonchev–Trinajstić information content (AvgIpc) is 2.71. The highest BCUT2D eigenvalue weighted by atomic mass is 16.5. The number of nitrogens with one attached hydrogen (secondary N) is 1. The Hall–Kier alpha value is -2.12. The van der Waals surface area contributed by atoms with Crippen LogP contribution < -0.4 is 15.8 Å². The van der Waals surface area contributed by atoms with E-state index in [-0.39, 0.29) is 17.9 Å². The molecular formula is C22H36N4O3. The Kier molecular flexibility index (Phi) is 8.92. The normalized spacial score (nSPS) is 19.5. The minimum absolute atomic E-state index is 0.0538. The second-order valence-corrected chi connectivity index (χ2v) is 8.16. The van der Waals surface area contributed by atoms with Gasteiger partial charge in [-0.3, -0.25) is 14.5 Å². The van der Waals surface area contributed by atoms with Crippen LogP contribution >= 0.6 is 0 Å². The highest BCUT2D eigenvalue weighted by molar-refractivity contribution is 5.87. The summed E-state index contributed by atoms with van der Waals surface area (Å²) in [7, 11) is 1.67. The minimum atomic E-state index is -0.441.